The van der Waals surface area contributed by atoms with E-state index in [1.807, 2.05) is 11.0 Å². The molecular weight excluding hydrogens is 377 g/mol. The van der Waals surface area contributed by atoms with Gasteiger partial charge in [-0.25, -0.2) is 0 Å². The largest absolute Gasteiger partial charge is 0.496 e. The van der Waals surface area contributed by atoms with Crippen molar-refractivity contribution in [1.82, 2.24) is 4.90 Å². The Morgan fingerprint density at radius 2 is 1.90 bits per heavy atom. The molecule has 0 saturated carbocycles. The number of alkyl halides is 1. The van der Waals surface area contributed by atoms with Gasteiger partial charge in [0.05, 0.1) is 17.2 Å². The van der Waals surface area contributed by atoms with E-state index in [9.17, 15) is 4.79 Å². The maximum Gasteiger partial charge on any atom is 0.219 e. The minimum Gasteiger partial charge on any atom is -0.496 e. The highest BCUT2D eigenvalue weighted by Crippen LogP contribution is 2.43. The van der Waals surface area contributed by atoms with Crippen LogP contribution in [0.1, 0.15) is 30.2 Å². The van der Waals surface area contributed by atoms with Gasteiger partial charge in [-0.2, -0.15) is 0 Å². The highest BCUT2D eigenvalue weighted by atomic mass is 79.9. The normalized spacial score (nSPS) is 17.7. The van der Waals surface area contributed by atoms with Gasteiger partial charge < -0.3 is 9.64 Å². The molecule has 1 saturated heterocycles. The van der Waals surface area contributed by atoms with E-state index in [2.05, 4.69) is 15.9 Å². The summed E-state index contributed by atoms with van der Waals surface area (Å²) in [5.41, 5.74) is 1.01. The van der Waals surface area contributed by atoms with Crippen LogP contribution in [0.2, 0.25) is 10.0 Å². The van der Waals surface area contributed by atoms with Gasteiger partial charge in [0.25, 0.3) is 0 Å². The summed E-state index contributed by atoms with van der Waals surface area (Å²) in [6.07, 6.45) is 1.91. The van der Waals surface area contributed by atoms with Gasteiger partial charge in [-0.15, -0.1) is 0 Å². The van der Waals surface area contributed by atoms with Crippen LogP contribution in [0.4, 0.5) is 0 Å². The lowest BCUT2D eigenvalue weighted by molar-refractivity contribution is -0.130. The number of hydrogen-bond acceptors (Lipinski definition) is 2. The van der Waals surface area contributed by atoms with Gasteiger partial charge in [-0.3, -0.25) is 4.79 Å². The molecule has 0 radical (unpaired) electrons. The van der Waals surface area contributed by atoms with Gasteiger partial charge in [0.1, 0.15) is 5.75 Å². The quantitative estimate of drug-likeness (QED) is 0.695. The van der Waals surface area contributed by atoms with Crippen molar-refractivity contribution in [2.75, 3.05) is 20.2 Å². The van der Waals surface area contributed by atoms with Crippen molar-refractivity contribution >= 4 is 45.0 Å². The molecule has 3 nitrogen and oxygen atoms in total. The lowest BCUT2D eigenvalue weighted by atomic mass is 9.89. The first-order valence-corrected chi connectivity index (χ1v) is 8.53. The summed E-state index contributed by atoms with van der Waals surface area (Å²) < 4.78 is 5.41. The number of halogens is 3. The van der Waals surface area contributed by atoms with Crippen molar-refractivity contribution in [3.63, 3.8) is 0 Å². The van der Waals surface area contributed by atoms with Gasteiger partial charge in [0, 0.05) is 36.5 Å². The molecule has 0 aliphatic carbocycles. The molecule has 1 aromatic carbocycles. The Balaban J connectivity index is 2.15. The third-order valence-electron chi connectivity index (χ3n) is 3.97. The lowest BCUT2D eigenvalue weighted by Gasteiger charge is -2.34. The van der Waals surface area contributed by atoms with Crippen molar-refractivity contribution in [3.8, 4) is 5.75 Å². The molecule has 0 spiro atoms. The second-order valence-electron chi connectivity index (χ2n) is 5.25. The average Bonchev–Trinajstić information content (AvgIpc) is 2.49. The molecule has 6 heteroatoms. The van der Waals surface area contributed by atoms with Crippen LogP contribution in [0, 0.1) is 5.92 Å². The van der Waals surface area contributed by atoms with Crippen LogP contribution in [0.5, 0.6) is 5.75 Å². The summed E-state index contributed by atoms with van der Waals surface area (Å²) in [6, 6.07) is 3.61. The molecule has 0 bridgehead atoms. The van der Waals surface area contributed by atoms with Gasteiger partial charge in [-0.05, 0) is 24.8 Å². The fourth-order valence-corrected chi connectivity index (χ4v) is 3.91. The fourth-order valence-electron chi connectivity index (χ4n) is 2.70. The fraction of sp³-hybridized carbons (Fsp3) is 0.533. The first-order valence-electron chi connectivity index (χ1n) is 6.86. The lowest BCUT2D eigenvalue weighted by Crippen LogP contribution is -2.37. The molecule has 1 aromatic rings. The molecule has 1 heterocycles. The number of rotatable bonds is 3. The van der Waals surface area contributed by atoms with Crippen molar-refractivity contribution in [2.45, 2.75) is 24.6 Å². The van der Waals surface area contributed by atoms with Crippen LogP contribution >= 0.6 is 39.1 Å². The Hall–Kier alpha value is -0.450. The Labute approximate surface area is 143 Å². The molecule has 1 amide bonds. The maximum absolute atomic E-state index is 11.4. The summed E-state index contributed by atoms with van der Waals surface area (Å²) >= 11 is 15.9. The molecule has 2 rings (SSSR count). The minimum absolute atomic E-state index is 0.135. The predicted octanol–water partition coefficient (Wildman–Crippen LogP) is 4.70. The number of amides is 1. The molecule has 116 valence electrons. The monoisotopic (exact) mass is 393 g/mol. The Morgan fingerprint density at radius 3 is 2.43 bits per heavy atom. The number of benzene rings is 1. The smallest absolute Gasteiger partial charge is 0.219 e. The number of carbonyl (C=O) groups excluding carboxylic acids is 1. The van der Waals surface area contributed by atoms with Gasteiger partial charge >= 0.3 is 0 Å². The number of hydrogen-bond donors (Lipinski definition) is 0. The van der Waals surface area contributed by atoms with Crippen molar-refractivity contribution < 1.29 is 9.53 Å². The highest BCUT2D eigenvalue weighted by molar-refractivity contribution is 9.09. The first-order chi connectivity index (χ1) is 9.93. The molecule has 1 atom stereocenters. The van der Waals surface area contributed by atoms with Crippen molar-refractivity contribution in [1.29, 1.82) is 0 Å². The average molecular weight is 395 g/mol. The van der Waals surface area contributed by atoms with Gasteiger partial charge in [-0.1, -0.05) is 39.1 Å². The van der Waals surface area contributed by atoms with Gasteiger partial charge in [0.2, 0.25) is 5.91 Å². The Morgan fingerprint density at radius 1 is 1.33 bits per heavy atom. The maximum atomic E-state index is 11.4. The molecule has 21 heavy (non-hydrogen) atoms. The summed E-state index contributed by atoms with van der Waals surface area (Å²) in [6.45, 7) is 3.21. The number of carbonyl (C=O) groups is 1. The number of likely N-dealkylation sites (tertiary alicyclic amines) is 1. The summed E-state index contributed by atoms with van der Waals surface area (Å²) in [4.78, 5) is 13.4. The first kappa shape index (κ1) is 16.9. The molecule has 1 unspecified atom stereocenters. The second kappa shape index (κ2) is 7.21. The number of methoxy groups -OCH3 is 1. The Bertz CT molecular complexity index is 531. The van der Waals surface area contributed by atoms with E-state index in [1.165, 1.54) is 0 Å². The van der Waals surface area contributed by atoms with Crippen LogP contribution in [-0.2, 0) is 4.79 Å². The number of nitrogens with zero attached hydrogens (tertiary/aromatic N) is 1. The molecule has 1 aliphatic heterocycles. The molecule has 1 aliphatic rings. The zero-order valence-corrected chi connectivity index (χ0v) is 15.1. The van der Waals surface area contributed by atoms with E-state index in [-0.39, 0.29) is 10.7 Å². The van der Waals surface area contributed by atoms with Crippen LogP contribution in [0.25, 0.3) is 0 Å². The topological polar surface area (TPSA) is 29.5 Å². The van der Waals surface area contributed by atoms with Crippen LogP contribution < -0.4 is 4.74 Å². The summed E-state index contributed by atoms with van der Waals surface area (Å²) in [5.74, 6) is 1.32. The Kier molecular flexibility index (Phi) is 5.81. The summed E-state index contributed by atoms with van der Waals surface area (Å²) in [5, 5.41) is 1.02. The van der Waals surface area contributed by atoms with Crippen LogP contribution in [-0.4, -0.2) is 31.0 Å². The van der Waals surface area contributed by atoms with Gasteiger partial charge in [0.15, 0.2) is 0 Å². The molecule has 1 fully saturated rings. The van der Waals surface area contributed by atoms with E-state index in [0.29, 0.717) is 16.0 Å². The van der Waals surface area contributed by atoms with E-state index in [1.54, 1.807) is 20.1 Å². The van der Waals surface area contributed by atoms with E-state index < -0.39 is 0 Å². The minimum atomic E-state index is 0.135. The van der Waals surface area contributed by atoms with Crippen LogP contribution in [0.15, 0.2) is 12.1 Å². The molecule has 0 aromatic heterocycles. The van der Waals surface area contributed by atoms with Crippen molar-refractivity contribution in [3.05, 3.63) is 27.7 Å². The number of piperidine rings is 1. The second-order valence-corrected chi connectivity index (χ2v) is 7.05. The SMILES string of the molecule is COc1cc(Cl)c(Cl)cc1C(Br)C1CCN(C(C)=O)CC1. The van der Waals surface area contributed by atoms with Crippen molar-refractivity contribution in [2.24, 2.45) is 5.92 Å². The van der Waals surface area contributed by atoms with E-state index in [4.69, 9.17) is 27.9 Å². The number of ether oxygens (including phenoxy) is 1. The predicted molar refractivity (Wildman–Crippen MR) is 89.7 cm³/mol. The standard InChI is InChI=1S/C15H18BrCl2NO2/c1-9(20)19-5-3-10(4-6-19)15(16)11-7-12(17)13(18)8-14(11)21-2/h7-8,10,15H,3-6H2,1-2H3. The molecule has 0 N–H and O–H groups in total. The zero-order chi connectivity index (χ0) is 15.6. The van der Waals surface area contributed by atoms with Crippen LogP contribution in [0.3, 0.4) is 0 Å². The third-order valence-corrected chi connectivity index (χ3v) is 5.93. The highest BCUT2D eigenvalue weighted by Gasteiger charge is 2.29. The van der Waals surface area contributed by atoms with E-state index in [0.717, 1.165) is 37.2 Å². The summed E-state index contributed by atoms with van der Waals surface area (Å²) in [7, 11) is 1.63. The zero-order valence-electron chi connectivity index (χ0n) is 12.0. The third kappa shape index (κ3) is 3.85. The molecular formula is C15H18BrCl2NO2. The van der Waals surface area contributed by atoms with E-state index >= 15 is 0 Å².